The second-order valence-corrected chi connectivity index (χ2v) is 9.03. The maximum Gasteiger partial charge on any atom is 0.270 e. The molecule has 1 rings (SSSR count). The van der Waals surface area contributed by atoms with Crippen LogP contribution in [0.15, 0.2) is 5.38 Å². The molecule has 1 aromatic heterocycles. The minimum atomic E-state index is -0.137. The van der Waals surface area contributed by atoms with Crippen LogP contribution in [0.5, 0.6) is 0 Å². The van der Waals surface area contributed by atoms with E-state index in [-0.39, 0.29) is 17.7 Å². The van der Waals surface area contributed by atoms with E-state index in [9.17, 15) is 9.59 Å². The van der Waals surface area contributed by atoms with E-state index < -0.39 is 0 Å². The number of carbonyl (C=O) groups excluding carboxylic acids is 2. The van der Waals surface area contributed by atoms with E-state index in [1.165, 1.54) is 11.3 Å². The lowest BCUT2D eigenvalue weighted by Crippen LogP contribution is -2.38. The monoisotopic (exact) mass is 395 g/mol. The van der Waals surface area contributed by atoms with E-state index in [1.54, 1.807) is 5.38 Å². The Balaban J connectivity index is 2.82. The molecule has 5 nitrogen and oxygen atoms in total. The van der Waals surface area contributed by atoms with E-state index in [1.807, 2.05) is 4.90 Å². The Labute approximate surface area is 168 Å². The van der Waals surface area contributed by atoms with Gasteiger partial charge in [-0.1, -0.05) is 54.4 Å². The fourth-order valence-corrected chi connectivity index (χ4v) is 3.71. The van der Waals surface area contributed by atoms with Crippen LogP contribution in [0.3, 0.4) is 0 Å². The lowest BCUT2D eigenvalue weighted by Gasteiger charge is -2.28. The van der Waals surface area contributed by atoms with Crippen LogP contribution in [0, 0.1) is 17.8 Å². The molecule has 0 radical (unpaired) electrons. The number of nitrogens with zero attached hydrogens (tertiary/aromatic N) is 2. The third-order valence-electron chi connectivity index (χ3n) is 4.43. The van der Waals surface area contributed by atoms with Gasteiger partial charge in [-0.05, 0) is 24.7 Å². The van der Waals surface area contributed by atoms with Crippen molar-refractivity contribution >= 4 is 23.2 Å². The normalized spacial score (nSPS) is 12.4. The van der Waals surface area contributed by atoms with E-state index in [0.29, 0.717) is 30.6 Å². The highest BCUT2D eigenvalue weighted by molar-refractivity contribution is 7.09. The second kappa shape index (κ2) is 12.1. The zero-order valence-corrected chi connectivity index (χ0v) is 18.7. The van der Waals surface area contributed by atoms with E-state index >= 15 is 0 Å². The highest BCUT2D eigenvalue weighted by Gasteiger charge is 2.24. The lowest BCUT2D eigenvalue weighted by atomic mass is 9.97. The van der Waals surface area contributed by atoms with Crippen LogP contribution in [-0.4, -0.2) is 34.8 Å². The average molecular weight is 396 g/mol. The smallest absolute Gasteiger partial charge is 0.270 e. The van der Waals surface area contributed by atoms with Crippen molar-refractivity contribution in [2.45, 2.75) is 73.8 Å². The summed E-state index contributed by atoms with van der Waals surface area (Å²) in [7, 11) is 0. The number of amides is 2. The summed E-state index contributed by atoms with van der Waals surface area (Å²) < 4.78 is 0. The van der Waals surface area contributed by atoms with Crippen LogP contribution in [0.1, 0.15) is 82.7 Å². The molecule has 0 saturated carbocycles. The third kappa shape index (κ3) is 8.41. The Hall–Kier alpha value is -1.43. The van der Waals surface area contributed by atoms with Crippen molar-refractivity contribution in [2.75, 3.05) is 13.1 Å². The van der Waals surface area contributed by atoms with E-state index in [4.69, 9.17) is 0 Å². The first-order chi connectivity index (χ1) is 12.8. The number of unbranched alkanes of at least 4 members (excludes halogenated alkanes) is 1. The number of hydrogen-bond donors (Lipinski definition) is 1. The molecule has 1 heterocycles. The predicted molar refractivity (Wildman–Crippen MR) is 113 cm³/mol. The van der Waals surface area contributed by atoms with Gasteiger partial charge in [0.2, 0.25) is 5.91 Å². The van der Waals surface area contributed by atoms with Gasteiger partial charge in [-0.25, -0.2) is 4.98 Å². The first kappa shape index (κ1) is 23.6. The summed E-state index contributed by atoms with van der Waals surface area (Å²) in [5.41, 5.74) is 0.450. The van der Waals surface area contributed by atoms with Crippen LogP contribution in [0.4, 0.5) is 0 Å². The molecule has 0 spiro atoms. The number of rotatable bonds is 12. The standard InChI is InChI=1S/C21H37N3O2S/c1-7-9-10-17(8-2)21(26)24(12-16(5)6)13-19-23-18(14-27-19)20(25)22-11-15(3)4/h14-17H,7-13H2,1-6H3,(H,22,25). The van der Waals surface area contributed by atoms with Crippen molar-refractivity contribution in [3.63, 3.8) is 0 Å². The molecule has 27 heavy (non-hydrogen) atoms. The van der Waals surface area contributed by atoms with E-state index in [0.717, 1.165) is 37.2 Å². The zero-order valence-electron chi connectivity index (χ0n) is 17.9. The molecule has 154 valence electrons. The average Bonchev–Trinajstić information content (AvgIpc) is 3.07. The molecular formula is C21H37N3O2S. The van der Waals surface area contributed by atoms with Crippen LogP contribution in [0.25, 0.3) is 0 Å². The minimum Gasteiger partial charge on any atom is -0.350 e. The van der Waals surface area contributed by atoms with Gasteiger partial charge in [0.1, 0.15) is 10.7 Å². The summed E-state index contributed by atoms with van der Waals surface area (Å²) in [5, 5.41) is 5.51. The summed E-state index contributed by atoms with van der Waals surface area (Å²) in [6, 6.07) is 0. The Kier molecular flexibility index (Phi) is 10.6. The quantitative estimate of drug-likeness (QED) is 0.556. The van der Waals surface area contributed by atoms with Crippen molar-refractivity contribution in [2.24, 2.45) is 17.8 Å². The number of carbonyl (C=O) groups is 2. The Morgan fingerprint density at radius 2 is 1.89 bits per heavy atom. The first-order valence-corrected chi connectivity index (χ1v) is 11.2. The summed E-state index contributed by atoms with van der Waals surface area (Å²) >= 11 is 1.46. The van der Waals surface area contributed by atoms with Crippen molar-refractivity contribution in [1.82, 2.24) is 15.2 Å². The SMILES string of the molecule is CCCCC(CC)C(=O)N(Cc1nc(C(=O)NCC(C)C)cs1)CC(C)C. The van der Waals surface area contributed by atoms with Crippen molar-refractivity contribution in [1.29, 1.82) is 0 Å². The molecule has 0 fully saturated rings. The van der Waals surface area contributed by atoms with Crippen molar-refractivity contribution in [3.05, 3.63) is 16.1 Å². The molecular weight excluding hydrogens is 358 g/mol. The van der Waals surface area contributed by atoms with Gasteiger partial charge in [0, 0.05) is 24.4 Å². The molecule has 0 aliphatic rings. The van der Waals surface area contributed by atoms with Gasteiger partial charge in [0.25, 0.3) is 5.91 Å². The highest BCUT2D eigenvalue weighted by Crippen LogP contribution is 2.20. The van der Waals surface area contributed by atoms with Crippen LogP contribution in [0.2, 0.25) is 0 Å². The number of hydrogen-bond acceptors (Lipinski definition) is 4. The zero-order chi connectivity index (χ0) is 20.4. The van der Waals surface area contributed by atoms with Gasteiger partial charge in [0.05, 0.1) is 6.54 Å². The van der Waals surface area contributed by atoms with Crippen LogP contribution >= 0.6 is 11.3 Å². The third-order valence-corrected chi connectivity index (χ3v) is 5.26. The molecule has 6 heteroatoms. The maximum absolute atomic E-state index is 13.1. The van der Waals surface area contributed by atoms with Gasteiger partial charge in [-0.2, -0.15) is 0 Å². The van der Waals surface area contributed by atoms with Gasteiger partial charge >= 0.3 is 0 Å². The number of nitrogens with one attached hydrogen (secondary N) is 1. The first-order valence-electron chi connectivity index (χ1n) is 10.3. The largest absolute Gasteiger partial charge is 0.350 e. The van der Waals surface area contributed by atoms with Crippen molar-refractivity contribution < 1.29 is 9.59 Å². The molecule has 2 amide bonds. The molecule has 0 bridgehead atoms. The Bertz CT molecular complexity index is 584. The number of thiazole rings is 1. The lowest BCUT2D eigenvalue weighted by molar-refractivity contribution is -0.137. The summed E-state index contributed by atoms with van der Waals surface area (Å²) in [5.74, 6) is 0.965. The topological polar surface area (TPSA) is 62.3 Å². The second-order valence-electron chi connectivity index (χ2n) is 8.09. The Morgan fingerprint density at radius 1 is 1.19 bits per heavy atom. The molecule has 1 atom stereocenters. The molecule has 0 saturated heterocycles. The maximum atomic E-state index is 13.1. The summed E-state index contributed by atoms with van der Waals surface area (Å²) in [4.78, 5) is 31.7. The molecule has 1 aromatic rings. The van der Waals surface area contributed by atoms with Gasteiger partial charge < -0.3 is 10.2 Å². The minimum absolute atomic E-state index is 0.0810. The summed E-state index contributed by atoms with van der Waals surface area (Å²) in [6.45, 7) is 14.5. The van der Waals surface area contributed by atoms with Gasteiger partial charge in [-0.3, -0.25) is 9.59 Å². The predicted octanol–water partition coefficient (Wildman–Crippen LogP) is 4.73. The molecule has 0 aromatic carbocycles. The van der Waals surface area contributed by atoms with Gasteiger partial charge in [0.15, 0.2) is 0 Å². The molecule has 0 aliphatic carbocycles. The van der Waals surface area contributed by atoms with Gasteiger partial charge in [-0.15, -0.1) is 11.3 Å². The van der Waals surface area contributed by atoms with E-state index in [2.05, 4.69) is 51.8 Å². The van der Waals surface area contributed by atoms with Crippen LogP contribution in [-0.2, 0) is 11.3 Å². The molecule has 1 unspecified atom stereocenters. The molecule has 0 aliphatic heterocycles. The highest BCUT2D eigenvalue weighted by atomic mass is 32.1. The molecule has 1 N–H and O–H groups in total. The fraction of sp³-hybridized carbons (Fsp3) is 0.762. The Morgan fingerprint density at radius 3 is 2.44 bits per heavy atom. The van der Waals surface area contributed by atoms with Crippen molar-refractivity contribution in [3.8, 4) is 0 Å². The fourth-order valence-electron chi connectivity index (χ4n) is 2.92. The van der Waals surface area contributed by atoms with Crippen LogP contribution < -0.4 is 5.32 Å². The summed E-state index contributed by atoms with van der Waals surface area (Å²) in [6.07, 6.45) is 4.00. The number of aromatic nitrogens is 1.